The van der Waals surface area contributed by atoms with Crippen LogP contribution < -0.4 is 5.73 Å². The first-order valence-corrected chi connectivity index (χ1v) is 5.64. The summed E-state index contributed by atoms with van der Waals surface area (Å²) in [5.74, 6) is 0.299. The summed E-state index contributed by atoms with van der Waals surface area (Å²) >= 11 is 0. The minimum atomic E-state index is -2.42. The molecule has 1 aromatic rings. The van der Waals surface area contributed by atoms with E-state index in [2.05, 4.69) is 4.98 Å². The lowest BCUT2D eigenvalue weighted by Crippen LogP contribution is -2.21. The molecule has 1 aromatic heterocycles. The number of hydrogen-bond donors (Lipinski definition) is 1. The Morgan fingerprint density at radius 1 is 1.47 bits per heavy atom. The minimum absolute atomic E-state index is 0.104. The summed E-state index contributed by atoms with van der Waals surface area (Å²) in [5, 5.41) is 0. The van der Waals surface area contributed by atoms with Gasteiger partial charge in [0.25, 0.3) is 6.43 Å². The molecular weight excluding hydrogens is 228 g/mol. The van der Waals surface area contributed by atoms with E-state index in [0.29, 0.717) is 12.5 Å². The van der Waals surface area contributed by atoms with Crippen molar-refractivity contribution in [3.05, 3.63) is 18.2 Å². The molecule has 1 rings (SSSR count). The molecule has 1 unspecified atom stereocenters. The van der Waals surface area contributed by atoms with E-state index in [1.807, 2.05) is 18.4 Å². The number of nitrogens with two attached hydrogens (primary N) is 1. The molecule has 98 valence electrons. The fourth-order valence-corrected chi connectivity index (χ4v) is 1.47. The van der Waals surface area contributed by atoms with E-state index in [0.717, 1.165) is 5.69 Å². The van der Waals surface area contributed by atoms with Crippen molar-refractivity contribution in [2.24, 2.45) is 11.7 Å². The maximum absolute atomic E-state index is 11.8. The third-order valence-electron chi connectivity index (χ3n) is 2.52. The van der Waals surface area contributed by atoms with Gasteiger partial charge in [0, 0.05) is 18.8 Å². The van der Waals surface area contributed by atoms with Gasteiger partial charge in [-0.1, -0.05) is 13.8 Å². The average Bonchev–Trinajstić information content (AvgIpc) is 2.71. The van der Waals surface area contributed by atoms with Crippen molar-refractivity contribution in [3.8, 4) is 0 Å². The van der Waals surface area contributed by atoms with Crippen molar-refractivity contribution in [2.45, 2.75) is 32.9 Å². The third kappa shape index (κ3) is 4.40. The first kappa shape index (κ1) is 14.1. The molecule has 0 amide bonds. The smallest absolute Gasteiger partial charge is 0.261 e. The molecule has 0 spiro atoms. The second-order valence-corrected chi connectivity index (χ2v) is 4.25. The number of imidazole rings is 1. The van der Waals surface area contributed by atoms with Crippen molar-refractivity contribution in [2.75, 3.05) is 13.2 Å². The molecule has 0 aliphatic rings. The number of nitrogens with zero attached hydrogens (tertiary/aromatic N) is 2. The number of rotatable bonds is 7. The summed E-state index contributed by atoms with van der Waals surface area (Å²) < 4.78 is 30.4. The van der Waals surface area contributed by atoms with Crippen LogP contribution in [0.15, 0.2) is 12.5 Å². The summed E-state index contributed by atoms with van der Waals surface area (Å²) in [6, 6.07) is -0.104. The van der Waals surface area contributed by atoms with Gasteiger partial charge in [-0.15, -0.1) is 0 Å². The molecule has 0 saturated heterocycles. The molecule has 6 heteroatoms. The van der Waals surface area contributed by atoms with E-state index in [1.165, 1.54) is 0 Å². The van der Waals surface area contributed by atoms with Crippen LogP contribution in [-0.4, -0.2) is 29.2 Å². The van der Waals surface area contributed by atoms with Gasteiger partial charge >= 0.3 is 0 Å². The van der Waals surface area contributed by atoms with Gasteiger partial charge in [0.15, 0.2) is 0 Å². The second-order valence-electron chi connectivity index (χ2n) is 4.25. The van der Waals surface area contributed by atoms with Crippen LogP contribution in [0.2, 0.25) is 0 Å². The zero-order chi connectivity index (χ0) is 12.8. The lowest BCUT2D eigenvalue weighted by Gasteiger charge is -2.17. The molecule has 4 nitrogen and oxygen atoms in total. The van der Waals surface area contributed by atoms with E-state index in [4.69, 9.17) is 10.5 Å². The van der Waals surface area contributed by atoms with Gasteiger partial charge in [-0.05, 0) is 5.92 Å². The van der Waals surface area contributed by atoms with Crippen LogP contribution in [0, 0.1) is 5.92 Å². The first-order chi connectivity index (χ1) is 8.02. The largest absolute Gasteiger partial charge is 0.374 e. The summed E-state index contributed by atoms with van der Waals surface area (Å²) in [4.78, 5) is 4.02. The highest BCUT2D eigenvalue weighted by atomic mass is 19.3. The molecule has 0 aliphatic heterocycles. The molecule has 0 radical (unpaired) electrons. The lowest BCUT2D eigenvalue weighted by molar-refractivity contribution is 0.0145. The van der Waals surface area contributed by atoms with Crippen LogP contribution in [0.5, 0.6) is 0 Å². The van der Waals surface area contributed by atoms with Gasteiger partial charge in [-0.2, -0.15) is 0 Å². The molecule has 2 N–H and O–H groups in total. The Morgan fingerprint density at radius 2 is 2.18 bits per heavy atom. The summed E-state index contributed by atoms with van der Waals surface area (Å²) in [6.07, 6.45) is 0.927. The van der Waals surface area contributed by atoms with Gasteiger partial charge < -0.3 is 15.0 Å². The van der Waals surface area contributed by atoms with Crippen molar-refractivity contribution in [1.82, 2.24) is 9.55 Å². The number of halogens is 2. The number of ether oxygens (including phenoxy) is 1. The van der Waals surface area contributed by atoms with Crippen LogP contribution in [0.4, 0.5) is 8.78 Å². The van der Waals surface area contributed by atoms with Crippen LogP contribution in [0.3, 0.4) is 0 Å². The summed E-state index contributed by atoms with van der Waals surface area (Å²) in [6.45, 7) is 4.24. The van der Waals surface area contributed by atoms with Gasteiger partial charge in [0.1, 0.15) is 6.61 Å². The fourth-order valence-electron chi connectivity index (χ4n) is 1.47. The Labute approximate surface area is 99.8 Å². The highest BCUT2D eigenvalue weighted by Crippen LogP contribution is 2.18. The van der Waals surface area contributed by atoms with E-state index >= 15 is 0 Å². The maximum atomic E-state index is 11.8. The Morgan fingerprint density at radius 3 is 2.76 bits per heavy atom. The predicted octanol–water partition coefficient (Wildman–Crippen LogP) is 1.82. The lowest BCUT2D eigenvalue weighted by atomic mass is 10.0. The van der Waals surface area contributed by atoms with Gasteiger partial charge in [0.2, 0.25) is 0 Å². The molecule has 0 bridgehead atoms. The number of aromatic nitrogens is 2. The summed E-state index contributed by atoms with van der Waals surface area (Å²) in [5.41, 5.74) is 6.92. The Hall–Kier alpha value is -1.01. The third-order valence-corrected chi connectivity index (χ3v) is 2.52. The van der Waals surface area contributed by atoms with E-state index in [-0.39, 0.29) is 12.6 Å². The quantitative estimate of drug-likeness (QED) is 0.748. The second kappa shape index (κ2) is 6.66. The van der Waals surface area contributed by atoms with Crippen LogP contribution >= 0.6 is 0 Å². The summed E-state index contributed by atoms with van der Waals surface area (Å²) in [7, 11) is 0. The predicted molar refractivity (Wildman–Crippen MR) is 60.8 cm³/mol. The molecule has 0 aromatic carbocycles. The molecule has 1 atom stereocenters. The Kier molecular flexibility index (Phi) is 5.50. The maximum Gasteiger partial charge on any atom is 0.261 e. The molecule has 0 fully saturated rings. The van der Waals surface area contributed by atoms with Crippen molar-refractivity contribution in [3.63, 3.8) is 0 Å². The molecule has 0 aliphatic carbocycles. The first-order valence-electron chi connectivity index (χ1n) is 5.64. The van der Waals surface area contributed by atoms with Crippen molar-refractivity contribution < 1.29 is 13.5 Å². The van der Waals surface area contributed by atoms with Crippen molar-refractivity contribution >= 4 is 0 Å². The SMILES string of the molecule is CC(C)C(N)c1cncn1CCOCC(F)F. The standard InChI is InChI=1S/C11H19F2N3O/c1-8(2)11(14)9-5-15-7-16(9)3-4-17-6-10(12)13/h5,7-8,10-11H,3-4,6,14H2,1-2H3. The number of alkyl halides is 2. The van der Waals surface area contributed by atoms with Crippen LogP contribution in [-0.2, 0) is 11.3 Å². The van der Waals surface area contributed by atoms with Crippen molar-refractivity contribution in [1.29, 1.82) is 0 Å². The van der Waals surface area contributed by atoms with Gasteiger partial charge in [0.05, 0.1) is 18.6 Å². The van der Waals surface area contributed by atoms with E-state index in [1.54, 1.807) is 12.5 Å². The van der Waals surface area contributed by atoms with Gasteiger partial charge in [-0.3, -0.25) is 0 Å². The highest BCUT2D eigenvalue weighted by Gasteiger charge is 2.14. The topological polar surface area (TPSA) is 53.1 Å². The normalized spacial score (nSPS) is 13.6. The minimum Gasteiger partial charge on any atom is -0.374 e. The molecule has 1 heterocycles. The molecule has 0 saturated carbocycles. The number of hydrogen-bond acceptors (Lipinski definition) is 3. The zero-order valence-corrected chi connectivity index (χ0v) is 10.1. The molecule has 17 heavy (non-hydrogen) atoms. The average molecular weight is 247 g/mol. The van der Waals surface area contributed by atoms with Crippen LogP contribution in [0.25, 0.3) is 0 Å². The van der Waals surface area contributed by atoms with Crippen LogP contribution in [0.1, 0.15) is 25.6 Å². The highest BCUT2D eigenvalue weighted by molar-refractivity contribution is 5.05. The van der Waals surface area contributed by atoms with E-state index in [9.17, 15) is 8.78 Å². The Bertz CT molecular complexity index is 328. The van der Waals surface area contributed by atoms with Gasteiger partial charge in [-0.25, -0.2) is 13.8 Å². The van der Waals surface area contributed by atoms with E-state index < -0.39 is 13.0 Å². The fraction of sp³-hybridized carbons (Fsp3) is 0.727. The monoisotopic (exact) mass is 247 g/mol. The zero-order valence-electron chi connectivity index (χ0n) is 10.1. The Balaban J connectivity index is 2.46. The molecular formula is C11H19F2N3O.